The van der Waals surface area contributed by atoms with E-state index in [4.69, 9.17) is 17.2 Å². The summed E-state index contributed by atoms with van der Waals surface area (Å²) in [6, 6.07) is -0.176. The highest BCUT2D eigenvalue weighted by Gasteiger charge is 2.59. The Labute approximate surface area is 301 Å². The van der Waals surface area contributed by atoms with Crippen molar-refractivity contribution in [2.24, 2.45) is 17.2 Å². The molecular weight excluding hydrogens is 583 g/mol. The highest BCUT2D eigenvalue weighted by Crippen LogP contribution is 2.56. The fraction of sp³-hybridized carbons (Fsp3) is 0.867. The number of unbranched alkanes of at least 4 members (excludes halogenated alkanes) is 18. The van der Waals surface area contributed by atoms with Crippen LogP contribution in [0.5, 0.6) is 0 Å². The normalized spacial score (nSPS) is 20.6. The Hall–Kier alpha value is -0.900. The molecule has 2 rings (SSSR count). The summed E-state index contributed by atoms with van der Waals surface area (Å²) in [5.41, 5.74) is 31.9. The van der Waals surface area contributed by atoms with Gasteiger partial charge in [-0.1, -0.05) is 170 Å². The molecule has 0 radical (unpaired) electrons. The van der Waals surface area contributed by atoms with Crippen LogP contribution in [-0.2, 0) is 31.2 Å². The van der Waals surface area contributed by atoms with Crippen molar-refractivity contribution in [3.8, 4) is 0 Å². The first kappa shape index (κ1) is 43.3. The van der Waals surface area contributed by atoms with Crippen molar-refractivity contribution < 1.29 is 0 Å². The Balaban J connectivity index is 2.91. The predicted molar refractivity (Wildman–Crippen MR) is 215 cm³/mol. The molecule has 1 aromatic rings. The van der Waals surface area contributed by atoms with Crippen LogP contribution in [0.4, 0.5) is 0 Å². The molecule has 3 atom stereocenters. The smallest absolute Gasteiger partial charge is 0.0616 e. The molecule has 1 aromatic carbocycles. The summed E-state index contributed by atoms with van der Waals surface area (Å²) in [5, 5.41) is 0. The minimum absolute atomic E-state index is 0.176. The van der Waals surface area contributed by atoms with E-state index in [1.165, 1.54) is 165 Å². The molecule has 0 spiro atoms. The van der Waals surface area contributed by atoms with Gasteiger partial charge in [0.25, 0.3) is 0 Å². The topological polar surface area (TPSA) is 78.1 Å². The molecule has 1 aliphatic carbocycles. The zero-order chi connectivity index (χ0) is 35.3. The molecule has 0 aliphatic heterocycles. The number of hydrogen-bond acceptors (Lipinski definition) is 3. The maximum atomic E-state index is 8.04. The zero-order valence-corrected chi connectivity index (χ0v) is 33.5. The van der Waals surface area contributed by atoms with Crippen LogP contribution in [0.1, 0.15) is 248 Å². The fourth-order valence-electron chi connectivity index (χ4n) is 9.10. The van der Waals surface area contributed by atoms with Crippen LogP contribution in [0.3, 0.4) is 0 Å². The van der Waals surface area contributed by atoms with Gasteiger partial charge in [-0.2, -0.15) is 0 Å². The van der Waals surface area contributed by atoms with Crippen molar-refractivity contribution in [1.29, 1.82) is 0 Å². The minimum Gasteiger partial charge on any atom is -0.322 e. The largest absolute Gasteiger partial charge is 0.322 e. The van der Waals surface area contributed by atoms with Gasteiger partial charge in [0.1, 0.15) is 0 Å². The second-order valence-electron chi connectivity index (χ2n) is 16.1. The average Bonchev–Trinajstić information content (AvgIpc) is 3.25. The monoisotopic (exact) mass is 668 g/mol. The third kappa shape index (κ3) is 11.8. The summed E-state index contributed by atoms with van der Waals surface area (Å²) in [6.45, 7) is 14.0. The predicted octanol–water partition coefficient (Wildman–Crippen LogP) is 13.0. The van der Waals surface area contributed by atoms with Gasteiger partial charge >= 0.3 is 0 Å². The van der Waals surface area contributed by atoms with E-state index in [0.29, 0.717) is 0 Å². The third-order valence-electron chi connectivity index (χ3n) is 12.1. The highest BCUT2D eigenvalue weighted by atomic mass is 15.0. The number of fused-ring (bicyclic) bond motifs is 1. The van der Waals surface area contributed by atoms with Gasteiger partial charge in [0.05, 0.1) is 17.1 Å². The van der Waals surface area contributed by atoms with Gasteiger partial charge in [0.15, 0.2) is 0 Å². The Morgan fingerprint density at radius 3 is 1.15 bits per heavy atom. The van der Waals surface area contributed by atoms with Gasteiger partial charge in [-0.25, -0.2) is 0 Å². The van der Waals surface area contributed by atoms with Crippen LogP contribution in [0.15, 0.2) is 0 Å². The molecule has 0 bridgehead atoms. The van der Waals surface area contributed by atoms with Crippen LogP contribution >= 0.6 is 0 Å². The van der Waals surface area contributed by atoms with Gasteiger partial charge in [0.2, 0.25) is 0 Å². The van der Waals surface area contributed by atoms with Crippen LogP contribution < -0.4 is 17.2 Å². The van der Waals surface area contributed by atoms with Crippen LogP contribution in [-0.4, -0.2) is 5.54 Å². The van der Waals surface area contributed by atoms with E-state index in [-0.39, 0.29) is 6.04 Å². The molecule has 3 heteroatoms. The van der Waals surface area contributed by atoms with Crippen LogP contribution in [0.25, 0.3) is 0 Å². The van der Waals surface area contributed by atoms with E-state index in [2.05, 4.69) is 41.5 Å². The molecule has 0 fully saturated rings. The van der Waals surface area contributed by atoms with Crippen molar-refractivity contribution in [2.75, 3.05) is 0 Å². The van der Waals surface area contributed by atoms with E-state index in [0.717, 1.165) is 38.5 Å². The summed E-state index contributed by atoms with van der Waals surface area (Å²) >= 11 is 0. The molecule has 0 saturated heterocycles. The van der Waals surface area contributed by atoms with Gasteiger partial charge in [0, 0.05) is 0 Å². The third-order valence-corrected chi connectivity index (χ3v) is 12.1. The number of benzene rings is 1. The lowest BCUT2D eigenvalue weighted by Gasteiger charge is -2.45. The molecule has 1 aliphatic rings. The van der Waals surface area contributed by atoms with Gasteiger partial charge < -0.3 is 17.2 Å². The van der Waals surface area contributed by atoms with E-state index >= 15 is 0 Å². The first-order valence-electron chi connectivity index (χ1n) is 21.9. The molecule has 0 heterocycles. The van der Waals surface area contributed by atoms with Crippen LogP contribution in [0.2, 0.25) is 0 Å². The van der Waals surface area contributed by atoms with Crippen molar-refractivity contribution in [2.45, 2.75) is 251 Å². The quantitative estimate of drug-likeness (QED) is 0.0714. The lowest BCUT2D eigenvalue weighted by molar-refractivity contribution is 0.173. The summed E-state index contributed by atoms with van der Waals surface area (Å²) < 4.78 is 0. The first-order valence-corrected chi connectivity index (χ1v) is 21.9. The molecule has 280 valence electrons. The standard InChI is InChI=1S/C45H85N3/c1-7-13-19-25-31-37-38(32-26-20-14-8-2)40(34-28-22-16-10-4)42-41(39(37)33-27-21-15-9-3)43(46)45(48,36-30-24-18-12-6)44(42,47)35-29-23-17-11-5/h43H,7-36,46-48H2,1-6H3. The molecular formula is C45H85N3. The number of hydrogen-bond donors (Lipinski definition) is 3. The van der Waals surface area contributed by atoms with E-state index < -0.39 is 11.1 Å². The van der Waals surface area contributed by atoms with Gasteiger partial charge in [-0.15, -0.1) is 0 Å². The van der Waals surface area contributed by atoms with Crippen LogP contribution in [0, 0.1) is 0 Å². The summed E-state index contributed by atoms with van der Waals surface area (Å²) in [4.78, 5) is 0. The number of nitrogens with two attached hydrogens (primary N) is 3. The maximum absolute atomic E-state index is 8.04. The van der Waals surface area contributed by atoms with Crippen molar-refractivity contribution in [1.82, 2.24) is 0 Å². The summed E-state index contributed by atoms with van der Waals surface area (Å²) in [6.07, 6.45) is 37.1. The Kier molecular flexibility index (Phi) is 21.9. The second-order valence-corrected chi connectivity index (χ2v) is 16.1. The van der Waals surface area contributed by atoms with Crippen molar-refractivity contribution in [3.63, 3.8) is 0 Å². The van der Waals surface area contributed by atoms with E-state index in [1.54, 1.807) is 22.3 Å². The van der Waals surface area contributed by atoms with E-state index in [1.807, 2.05) is 0 Å². The van der Waals surface area contributed by atoms with Crippen molar-refractivity contribution >= 4 is 0 Å². The summed E-state index contributed by atoms with van der Waals surface area (Å²) in [5.74, 6) is 0. The number of rotatable bonds is 30. The zero-order valence-electron chi connectivity index (χ0n) is 33.5. The Bertz CT molecular complexity index is 985. The van der Waals surface area contributed by atoms with Gasteiger partial charge in [-0.3, -0.25) is 0 Å². The Morgan fingerprint density at radius 2 is 0.729 bits per heavy atom. The van der Waals surface area contributed by atoms with Gasteiger partial charge in [-0.05, 0) is 97.6 Å². The molecule has 3 unspecified atom stereocenters. The lowest BCUT2D eigenvalue weighted by atomic mass is 9.69. The first-order chi connectivity index (χ1) is 23.3. The lowest BCUT2D eigenvalue weighted by Crippen LogP contribution is -2.64. The molecule has 0 saturated carbocycles. The highest BCUT2D eigenvalue weighted by molar-refractivity contribution is 5.62. The molecule has 48 heavy (non-hydrogen) atoms. The van der Waals surface area contributed by atoms with Crippen molar-refractivity contribution in [3.05, 3.63) is 33.4 Å². The minimum atomic E-state index is -0.591. The summed E-state index contributed by atoms with van der Waals surface area (Å²) in [7, 11) is 0. The average molecular weight is 668 g/mol. The SMILES string of the molecule is CCCCCCc1c(CCCCCC)c(CCCCCC)c2c(c1CCCCCC)C(N)C(N)(CCCCCC)C2(N)CCCCCC. The molecule has 6 N–H and O–H groups in total. The fourth-order valence-corrected chi connectivity index (χ4v) is 9.10. The van der Waals surface area contributed by atoms with E-state index in [9.17, 15) is 0 Å². The molecule has 3 nitrogen and oxygen atoms in total. The second kappa shape index (κ2) is 24.3. The Morgan fingerprint density at radius 1 is 0.396 bits per heavy atom. The molecule has 0 amide bonds. The maximum Gasteiger partial charge on any atom is 0.0616 e. The molecule has 0 aromatic heterocycles.